The molecule has 0 spiro atoms. The molecule has 3 rings (SSSR count). The zero-order valence-electron chi connectivity index (χ0n) is 11.5. The minimum absolute atomic E-state index is 0.0790. The van der Waals surface area contributed by atoms with Crippen LogP contribution in [0.1, 0.15) is 21.5 Å². The number of benzene rings is 2. The van der Waals surface area contributed by atoms with Gasteiger partial charge in [-0.1, -0.05) is 39.7 Å². The van der Waals surface area contributed by atoms with Crippen LogP contribution in [0, 0.1) is 0 Å². The van der Waals surface area contributed by atoms with Crippen LogP contribution in [0.5, 0.6) is 0 Å². The maximum atomic E-state index is 12.0. The SMILES string of the molecule is CN1Cc2ccc(NCc3ccc(Br)cc3Cl)cc2C1=O. The number of anilines is 1. The van der Waals surface area contributed by atoms with Crippen LogP contribution in [0.25, 0.3) is 0 Å². The molecule has 2 aromatic rings. The molecule has 0 bridgehead atoms. The van der Waals surface area contributed by atoms with Crippen molar-refractivity contribution in [3.8, 4) is 0 Å². The predicted octanol–water partition coefficient (Wildman–Crippen LogP) is 4.30. The summed E-state index contributed by atoms with van der Waals surface area (Å²) in [5.41, 5.74) is 3.80. The summed E-state index contributed by atoms with van der Waals surface area (Å²) in [6.45, 7) is 1.31. The number of rotatable bonds is 3. The van der Waals surface area contributed by atoms with Crippen LogP contribution < -0.4 is 5.32 Å². The number of amides is 1. The van der Waals surface area contributed by atoms with Gasteiger partial charge in [-0.05, 0) is 35.4 Å². The Labute approximate surface area is 137 Å². The molecule has 0 saturated heterocycles. The Bertz CT molecular complexity index is 717. The molecule has 21 heavy (non-hydrogen) atoms. The Morgan fingerprint density at radius 3 is 2.86 bits per heavy atom. The van der Waals surface area contributed by atoms with Gasteiger partial charge in [0.25, 0.3) is 5.91 Å². The monoisotopic (exact) mass is 364 g/mol. The molecule has 1 aliphatic heterocycles. The maximum absolute atomic E-state index is 12.0. The van der Waals surface area contributed by atoms with Crippen LogP contribution in [0.3, 0.4) is 0 Å². The highest BCUT2D eigenvalue weighted by Gasteiger charge is 2.24. The number of carbonyl (C=O) groups excluding carboxylic acids is 1. The number of hydrogen-bond donors (Lipinski definition) is 1. The Kier molecular flexibility index (Phi) is 3.91. The summed E-state index contributed by atoms with van der Waals surface area (Å²) in [5, 5.41) is 4.03. The van der Waals surface area contributed by atoms with E-state index in [0.29, 0.717) is 18.1 Å². The Morgan fingerprint density at radius 1 is 1.29 bits per heavy atom. The van der Waals surface area contributed by atoms with Gasteiger partial charge in [-0.3, -0.25) is 4.79 Å². The molecule has 1 N–H and O–H groups in total. The van der Waals surface area contributed by atoms with Crippen molar-refractivity contribution in [1.29, 1.82) is 0 Å². The van der Waals surface area contributed by atoms with Crippen LogP contribution in [-0.2, 0) is 13.1 Å². The summed E-state index contributed by atoms with van der Waals surface area (Å²) in [6, 6.07) is 11.7. The second kappa shape index (κ2) is 5.70. The van der Waals surface area contributed by atoms with Gasteiger partial charge >= 0.3 is 0 Å². The Morgan fingerprint density at radius 2 is 2.10 bits per heavy atom. The van der Waals surface area contributed by atoms with Crippen molar-refractivity contribution < 1.29 is 4.79 Å². The smallest absolute Gasteiger partial charge is 0.254 e. The van der Waals surface area contributed by atoms with E-state index in [1.165, 1.54) is 0 Å². The molecule has 0 saturated carbocycles. The van der Waals surface area contributed by atoms with Crippen molar-refractivity contribution >= 4 is 39.1 Å². The van der Waals surface area contributed by atoms with E-state index >= 15 is 0 Å². The first-order valence-corrected chi connectivity index (χ1v) is 7.78. The third-order valence-electron chi connectivity index (χ3n) is 3.59. The van der Waals surface area contributed by atoms with E-state index in [-0.39, 0.29) is 5.91 Å². The van der Waals surface area contributed by atoms with Gasteiger partial charge in [-0.2, -0.15) is 0 Å². The molecule has 3 nitrogen and oxygen atoms in total. The lowest BCUT2D eigenvalue weighted by Gasteiger charge is -2.09. The zero-order valence-corrected chi connectivity index (χ0v) is 13.8. The van der Waals surface area contributed by atoms with E-state index in [0.717, 1.165) is 26.9 Å². The Hall–Kier alpha value is -1.52. The lowest BCUT2D eigenvalue weighted by molar-refractivity contribution is 0.0816. The van der Waals surface area contributed by atoms with Crippen molar-refractivity contribution in [2.75, 3.05) is 12.4 Å². The van der Waals surface area contributed by atoms with Gasteiger partial charge in [0.2, 0.25) is 0 Å². The lowest BCUT2D eigenvalue weighted by atomic mass is 10.1. The fraction of sp³-hybridized carbons (Fsp3) is 0.188. The quantitative estimate of drug-likeness (QED) is 0.879. The molecule has 5 heteroatoms. The van der Waals surface area contributed by atoms with Crippen LogP contribution in [0.4, 0.5) is 5.69 Å². The molecule has 0 unspecified atom stereocenters. The molecule has 0 aromatic heterocycles. The molecule has 1 aliphatic rings. The molecule has 1 heterocycles. The number of hydrogen-bond acceptors (Lipinski definition) is 2. The first kappa shape index (κ1) is 14.4. The van der Waals surface area contributed by atoms with Gasteiger partial charge in [0.1, 0.15) is 0 Å². The largest absolute Gasteiger partial charge is 0.381 e. The number of carbonyl (C=O) groups is 1. The first-order valence-electron chi connectivity index (χ1n) is 6.61. The standard InChI is InChI=1S/C16H14BrClN2O/c1-20-9-11-3-5-13(7-14(11)16(20)21)19-8-10-2-4-12(17)6-15(10)18/h2-7,19H,8-9H2,1H3. The van der Waals surface area contributed by atoms with E-state index in [2.05, 4.69) is 21.2 Å². The second-order valence-corrected chi connectivity index (χ2v) is 6.45. The van der Waals surface area contributed by atoms with E-state index in [1.54, 1.807) is 4.90 Å². The molecule has 0 aliphatic carbocycles. The maximum Gasteiger partial charge on any atom is 0.254 e. The highest BCUT2D eigenvalue weighted by molar-refractivity contribution is 9.10. The molecule has 108 valence electrons. The molecule has 2 aromatic carbocycles. The molecule has 0 radical (unpaired) electrons. The average molecular weight is 366 g/mol. The minimum Gasteiger partial charge on any atom is -0.381 e. The van der Waals surface area contributed by atoms with Crippen molar-refractivity contribution in [2.45, 2.75) is 13.1 Å². The summed E-state index contributed by atoms with van der Waals surface area (Å²) in [7, 11) is 1.82. The topological polar surface area (TPSA) is 32.3 Å². The van der Waals surface area contributed by atoms with Crippen LogP contribution >= 0.6 is 27.5 Å². The molecular formula is C16H14BrClN2O. The second-order valence-electron chi connectivity index (χ2n) is 5.12. The summed E-state index contributed by atoms with van der Waals surface area (Å²) in [4.78, 5) is 13.7. The average Bonchev–Trinajstić information content (AvgIpc) is 2.73. The van der Waals surface area contributed by atoms with Gasteiger partial charge in [0.15, 0.2) is 0 Å². The highest BCUT2D eigenvalue weighted by Crippen LogP contribution is 2.26. The molecule has 1 amide bonds. The number of fused-ring (bicyclic) bond motifs is 1. The first-order chi connectivity index (χ1) is 10.0. The van der Waals surface area contributed by atoms with Crippen LogP contribution in [0.2, 0.25) is 5.02 Å². The predicted molar refractivity (Wildman–Crippen MR) is 88.7 cm³/mol. The van der Waals surface area contributed by atoms with Crippen molar-refractivity contribution in [2.24, 2.45) is 0 Å². The van der Waals surface area contributed by atoms with E-state index in [9.17, 15) is 4.79 Å². The lowest BCUT2D eigenvalue weighted by Crippen LogP contribution is -2.17. The van der Waals surface area contributed by atoms with Crippen molar-refractivity contribution in [3.05, 3.63) is 62.6 Å². The van der Waals surface area contributed by atoms with Gasteiger partial charge in [0.05, 0.1) is 0 Å². The van der Waals surface area contributed by atoms with Gasteiger partial charge in [0, 0.05) is 40.9 Å². The Balaban J connectivity index is 1.76. The van der Waals surface area contributed by atoms with Gasteiger partial charge in [-0.15, -0.1) is 0 Å². The summed E-state index contributed by atoms with van der Waals surface area (Å²) >= 11 is 9.59. The highest BCUT2D eigenvalue weighted by atomic mass is 79.9. The van der Waals surface area contributed by atoms with E-state index in [4.69, 9.17) is 11.6 Å². The molecule has 0 fully saturated rings. The summed E-state index contributed by atoms with van der Waals surface area (Å²) in [5.74, 6) is 0.0790. The summed E-state index contributed by atoms with van der Waals surface area (Å²) < 4.78 is 0.961. The summed E-state index contributed by atoms with van der Waals surface area (Å²) in [6.07, 6.45) is 0. The number of nitrogens with zero attached hydrogens (tertiary/aromatic N) is 1. The number of halogens is 2. The van der Waals surface area contributed by atoms with Crippen molar-refractivity contribution in [1.82, 2.24) is 4.90 Å². The van der Waals surface area contributed by atoms with Crippen molar-refractivity contribution in [3.63, 3.8) is 0 Å². The third-order valence-corrected chi connectivity index (χ3v) is 4.44. The third kappa shape index (κ3) is 2.92. The minimum atomic E-state index is 0.0790. The zero-order chi connectivity index (χ0) is 15.0. The van der Waals surface area contributed by atoms with Crippen LogP contribution in [0.15, 0.2) is 40.9 Å². The normalized spacial score (nSPS) is 13.5. The van der Waals surface area contributed by atoms with E-state index < -0.39 is 0 Å². The van der Waals surface area contributed by atoms with Gasteiger partial charge < -0.3 is 10.2 Å². The fourth-order valence-electron chi connectivity index (χ4n) is 2.42. The van der Waals surface area contributed by atoms with Gasteiger partial charge in [-0.25, -0.2) is 0 Å². The van der Waals surface area contributed by atoms with Crippen LogP contribution in [-0.4, -0.2) is 17.9 Å². The number of nitrogens with one attached hydrogen (secondary N) is 1. The fourth-order valence-corrected chi connectivity index (χ4v) is 3.16. The molecular weight excluding hydrogens is 352 g/mol. The van der Waals surface area contributed by atoms with E-state index in [1.807, 2.05) is 43.4 Å². The molecule has 0 atom stereocenters.